The van der Waals surface area contributed by atoms with Gasteiger partial charge in [-0.25, -0.2) is 4.79 Å². The molecule has 1 atom stereocenters. The van der Waals surface area contributed by atoms with Gasteiger partial charge in [-0.05, 0) is 30.3 Å². The first-order chi connectivity index (χ1) is 9.66. The van der Waals surface area contributed by atoms with Crippen molar-refractivity contribution >= 4 is 35.5 Å². The van der Waals surface area contributed by atoms with Gasteiger partial charge < -0.3 is 15.3 Å². The summed E-state index contributed by atoms with van der Waals surface area (Å²) in [7, 11) is 0. The fraction of sp³-hybridized carbons (Fsp3) is 0.846. The second kappa shape index (κ2) is 8.02. The van der Waals surface area contributed by atoms with E-state index >= 15 is 0 Å². The number of aliphatic carboxylic acids is 1. The fourth-order valence-electron chi connectivity index (χ4n) is 2.58. The maximum absolute atomic E-state index is 12.2. The van der Waals surface area contributed by atoms with Gasteiger partial charge in [0.05, 0.1) is 12.5 Å². The van der Waals surface area contributed by atoms with Gasteiger partial charge in [0.15, 0.2) is 0 Å². The summed E-state index contributed by atoms with van der Waals surface area (Å²) < 4.78 is 0. The van der Waals surface area contributed by atoms with Crippen LogP contribution in [-0.4, -0.2) is 64.1 Å². The first-order valence-corrected chi connectivity index (χ1v) is 9.39. The monoisotopic (exact) mass is 318 g/mol. The van der Waals surface area contributed by atoms with Gasteiger partial charge in [-0.1, -0.05) is 0 Å². The molecule has 0 aromatic rings. The van der Waals surface area contributed by atoms with E-state index in [1.165, 1.54) is 24.3 Å². The van der Waals surface area contributed by atoms with Crippen LogP contribution in [-0.2, 0) is 4.79 Å². The molecule has 0 radical (unpaired) electrons. The third kappa shape index (κ3) is 4.77. The van der Waals surface area contributed by atoms with Crippen LogP contribution in [0, 0.1) is 5.92 Å². The highest BCUT2D eigenvalue weighted by molar-refractivity contribution is 7.99. The van der Waals surface area contributed by atoms with Gasteiger partial charge in [0, 0.05) is 24.6 Å². The highest BCUT2D eigenvalue weighted by Gasteiger charge is 2.29. The Morgan fingerprint density at radius 3 is 2.65 bits per heavy atom. The summed E-state index contributed by atoms with van der Waals surface area (Å²) in [5, 5.41) is 11.9. The van der Waals surface area contributed by atoms with Gasteiger partial charge in [0.2, 0.25) is 0 Å². The van der Waals surface area contributed by atoms with Crippen LogP contribution in [0.2, 0.25) is 0 Å². The van der Waals surface area contributed by atoms with Crippen molar-refractivity contribution in [3.05, 3.63) is 0 Å². The molecule has 20 heavy (non-hydrogen) atoms. The van der Waals surface area contributed by atoms with Gasteiger partial charge in [-0.2, -0.15) is 23.5 Å². The van der Waals surface area contributed by atoms with Crippen molar-refractivity contribution in [3.63, 3.8) is 0 Å². The van der Waals surface area contributed by atoms with Crippen LogP contribution in [0.3, 0.4) is 0 Å². The third-order valence-electron chi connectivity index (χ3n) is 3.78. The Hall–Kier alpha value is -0.560. The zero-order chi connectivity index (χ0) is 14.4. The van der Waals surface area contributed by atoms with Crippen LogP contribution < -0.4 is 5.32 Å². The average molecular weight is 318 g/mol. The number of nitrogens with zero attached hydrogens (tertiary/aromatic N) is 1. The lowest BCUT2D eigenvalue weighted by Gasteiger charge is -2.35. The molecule has 5 nitrogen and oxygen atoms in total. The smallest absolute Gasteiger partial charge is 0.317 e. The predicted octanol–water partition coefficient (Wildman–Crippen LogP) is 1.73. The molecular weight excluding hydrogens is 296 g/mol. The number of hydrogen-bond donors (Lipinski definition) is 2. The average Bonchev–Trinajstić information content (AvgIpc) is 2.46. The zero-order valence-corrected chi connectivity index (χ0v) is 13.2. The SMILES string of the molecule is O=C(O)CC1CSCCN1C(=O)NCC1CCSCC1. The molecule has 0 spiro atoms. The van der Waals surface area contributed by atoms with Crippen molar-refractivity contribution in [2.75, 3.05) is 36.1 Å². The van der Waals surface area contributed by atoms with Crippen molar-refractivity contribution in [1.29, 1.82) is 0 Å². The van der Waals surface area contributed by atoms with E-state index in [1.807, 2.05) is 11.8 Å². The lowest BCUT2D eigenvalue weighted by Crippen LogP contribution is -2.52. The van der Waals surface area contributed by atoms with E-state index in [4.69, 9.17) is 5.11 Å². The van der Waals surface area contributed by atoms with Crippen LogP contribution >= 0.6 is 23.5 Å². The number of nitrogens with one attached hydrogen (secondary N) is 1. The molecular formula is C13H22N2O3S2. The number of thioether (sulfide) groups is 2. The van der Waals surface area contributed by atoms with E-state index in [0.717, 1.165) is 18.1 Å². The van der Waals surface area contributed by atoms with Crippen molar-refractivity contribution in [1.82, 2.24) is 10.2 Å². The Morgan fingerprint density at radius 1 is 1.20 bits per heavy atom. The lowest BCUT2D eigenvalue weighted by molar-refractivity contribution is -0.137. The van der Waals surface area contributed by atoms with Gasteiger partial charge in [0.25, 0.3) is 0 Å². The summed E-state index contributed by atoms with van der Waals surface area (Å²) in [6.07, 6.45) is 2.37. The lowest BCUT2D eigenvalue weighted by atomic mass is 10.0. The minimum atomic E-state index is -0.834. The highest BCUT2D eigenvalue weighted by atomic mass is 32.2. The molecule has 2 rings (SSSR count). The Bertz CT molecular complexity index is 349. The third-order valence-corrected chi connectivity index (χ3v) is 5.92. The van der Waals surface area contributed by atoms with Crippen molar-refractivity contribution in [3.8, 4) is 0 Å². The number of amides is 2. The van der Waals surface area contributed by atoms with Crippen molar-refractivity contribution in [2.24, 2.45) is 5.92 Å². The van der Waals surface area contributed by atoms with Crippen LogP contribution in [0.15, 0.2) is 0 Å². The van der Waals surface area contributed by atoms with E-state index in [2.05, 4.69) is 5.32 Å². The van der Waals surface area contributed by atoms with Gasteiger partial charge in [-0.15, -0.1) is 0 Å². The quantitative estimate of drug-likeness (QED) is 0.826. The molecule has 2 amide bonds. The first kappa shape index (κ1) is 15.8. The number of carbonyl (C=O) groups is 2. The summed E-state index contributed by atoms with van der Waals surface area (Å²) in [6.45, 7) is 1.37. The molecule has 7 heteroatoms. The summed E-state index contributed by atoms with van der Waals surface area (Å²) >= 11 is 3.70. The van der Waals surface area contributed by atoms with E-state index in [1.54, 1.807) is 16.7 Å². The Morgan fingerprint density at radius 2 is 1.95 bits per heavy atom. The molecule has 2 saturated heterocycles. The Balaban J connectivity index is 1.80. The highest BCUT2D eigenvalue weighted by Crippen LogP contribution is 2.22. The zero-order valence-electron chi connectivity index (χ0n) is 11.5. The minimum absolute atomic E-state index is 0.0422. The van der Waals surface area contributed by atoms with E-state index in [0.29, 0.717) is 12.5 Å². The molecule has 0 saturated carbocycles. The van der Waals surface area contributed by atoms with Gasteiger partial charge in [0.1, 0.15) is 0 Å². The maximum atomic E-state index is 12.2. The molecule has 2 N–H and O–H groups in total. The van der Waals surface area contributed by atoms with E-state index < -0.39 is 5.97 Å². The van der Waals surface area contributed by atoms with Crippen LogP contribution in [0.1, 0.15) is 19.3 Å². The molecule has 0 aromatic heterocycles. The molecule has 0 aliphatic carbocycles. The Labute approximate surface area is 128 Å². The number of rotatable bonds is 4. The fourth-order valence-corrected chi connectivity index (χ4v) is 4.84. The maximum Gasteiger partial charge on any atom is 0.317 e. The molecule has 2 fully saturated rings. The molecule has 0 aromatic carbocycles. The number of carboxylic acids is 1. The van der Waals surface area contributed by atoms with E-state index in [9.17, 15) is 9.59 Å². The first-order valence-electron chi connectivity index (χ1n) is 7.08. The summed E-state index contributed by atoms with van der Waals surface area (Å²) in [5.74, 6) is 3.73. The molecule has 1 unspecified atom stereocenters. The van der Waals surface area contributed by atoms with Crippen molar-refractivity contribution < 1.29 is 14.7 Å². The van der Waals surface area contributed by atoms with Gasteiger partial charge in [-0.3, -0.25) is 4.79 Å². The second-order valence-electron chi connectivity index (χ2n) is 5.26. The minimum Gasteiger partial charge on any atom is -0.481 e. The molecule has 2 aliphatic heterocycles. The number of urea groups is 1. The topological polar surface area (TPSA) is 69.6 Å². The van der Waals surface area contributed by atoms with Gasteiger partial charge >= 0.3 is 12.0 Å². The predicted molar refractivity (Wildman–Crippen MR) is 83.5 cm³/mol. The molecule has 0 bridgehead atoms. The van der Waals surface area contributed by atoms with Crippen LogP contribution in [0.25, 0.3) is 0 Å². The van der Waals surface area contributed by atoms with E-state index in [-0.39, 0.29) is 18.5 Å². The second-order valence-corrected chi connectivity index (χ2v) is 7.64. The normalized spacial score (nSPS) is 24.4. The number of hydrogen-bond acceptors (Lipinski definition) is 4. The Kier molecular flexibility index (Phi) is 6.35. The molecule has 2 aliphatic rings. The van der Waals surface area contributed by atoms with Crippen molar-refractivity contribution in [2.45, 2.75) is 25.3 Å². The molecule has 2 heterocycles. The van der Waals surface area contributed by atoms with Crippen LogP contribution in [0.5, 0.6) is 0 Å². The standard InChI is InChI=1S/C13H22N2O3S2/c16-12(17)7-11-9-20-6-3-15(11)13(18)14-8-10-1-4-19-5-2-10/h10-11H,1-9H2,(H,14,18)(H,16,17). The summed E-state index contributed by atoms with van der Waals surface area (Å²) in [4.78, 5) is 24.8. The van der Waals surface area contributed by atoms with Crippen LogP contribution in [0.4, 0.5) is 4.79 Å². The summed E-state index contributed by atoms with van der Waals surface area (Å²) in [6, 6.07) is -0.261. The summed E-state index contributed by atoms with van der Waals surface area (Å²) in [5.41, 5.74) is 0. The molecule has 114 valence electrons. The largest absolute Gasteiger partial charge is 0.481 e. The number of carboxylic acid groups (broad SMARTS) is 1. The number of carbonyl (C=O) groups excluding carboxylic acids is 1.